The third-order valence-electron chi connectivity index (χ3n) is 3.00. The normalized spacial score (nSPS) is 10.2. The highest BCUT2D eigenvalue weighted by Gasteiger charge is 2.18. The Morgan fingerprint density at radius 1 is 1.22 bits per heavy atom. The summed E-state index contributed by atoms with van der Waals surface area (Å²) >= 11 is 0. The van der Waals surface area contributed by atoms with Crippen molar-refractivity contribution < 1.29 is 23.1 Å². The number of halogens is 1. The highest BCUT2D eigenvalue weighted by molar-refractivity contribution is 5.96. The molecule has 0 aliphatic heterocycles. The maximum Gasteiger partial charge on any atom is 0.342 e. The Hall–Kier alpha value is -2.96. The molecule has 1 heterocycles. The van der Waals surface area contributed by atoms with Gasteiger partial charge in [0.2, 0.25) is 0 Å². The van der Waals surface area contributed by atoms with E-state index in [1.165, 1.54) is 37.3 Å². The predicted molar refractivity (Wildman–Crippen MR) is 79.8 cm³/mol. The van der Waals surface area contributed by atoms with Gasteiger partial charge in [0.15, 0.2) is 6.61 Å². The maximum absolute atomic E-state index is 12.8. The van der Waals surface area contributed by atoms with Gasteiger partial charge in [0, 0.05) is 11.8 Å². The van der Waals surface area contributed by atoms with Gasteiger partial charge < -0.3 is 14.5 Å². The highest BCUT2D eigenvalue weighted by Crippen LogP contribution is 2.12. The number of esters is 1. The van der Waals surface area contributed by atoms with Crippen molar-refractivity contribution >= 4 is 17.6 Å². The Bertz CT molecular complexity index is 769. The number of nitrogens with one attached hydrogen (secondary N) is 1. The molecule has 23 heavy (non-hydrogen) atoms. The molecular weight excluding hydrogens is 305 g/mol. The minimum atomic E-state index is -0.766. The number of hydrogen-bond donors (Lipinski definition) is 1. The molecule has 0 saturated heterocycles. The van der Waals surface area contributed by atoms with Gasteiger partial charge >= 0.3 is 11.6 Å². The number of benzene rings is 1. The standard InChI is InChI=1S/C16H14FNO5/c1-9-7-14(20)23-10(2)15(9)16(21)22-8-13(19)18-12-5-3-11(17)4-6-12/h3-7H,8H2,1-2H3,(H,18,19). The molecule has 1 N–H and O–H groups in total. The van der Waals surface area contributed by atoms with E-state index in [0.29, 0.717) is 11.3 Å². The number of carbonyl (C=O) groups excluding carboxylic acids is 2. The first-order valence-electron chi connectivity index (χ1n) is 6.70. The first-order valence-corrected chi connectivity index (χ1v) is 6.70. The lowest BCUT2D eigenvalue weighted by Gasteiger charge is -2.09. The van der Waals surface area contributed by atoms with Crippen molar-refractivity contribution in [3.05, 3.63) is 63.5 Å². The summed E-state index contributed by atoms with van der Waals surface area (Å²) in [7, 11) is 0. The molecule has 1 amide bonds. The van der Waals surface area contributed by atoms with E-state index in [-0.39, 0.29) is 11.3 Å². The molecule has 0 aliphatic carbocycles. The van der Waals surface area contributed by atoms with Gasteiger partial charge in [0.25, 0.3) is 5.91 Å². The minimum Gasteiger partial charge on any atom is -0.452 e. The molecule has 2 rings (SSSR count). The number of anilines is 1. The van der Waals surface area contributed by atoms with Gasteiger partial charge in [-0.2, -0.15) is 0 Å². The zero-order valence-corrected chi connectivity index (χ0v) is 12.5. The van der Waals surface area contributed by atoms with Crippen molar-refractivity contribution in [2.24, 2.45) is 0 Å². The Kier molecular flexibility index (Phi) is 4.90. The topological polar surface area (TPSA) is 85.6 Å². The number of aryl methyl sites for hydroxylation is 2. The van der Waals surface area contributed by atoms with E-state index >= 15 is 0 Å². The van der Waals surface area contributed by atoms with Crippen molar-refractivity contribution in [3.8, 4) is 0 Å². The fourth-order valence-corrected chi connectivity index (χ4v) is 2.00. The van der Waals surface area contributed by atoms with E-state index in [2.05, 4.69) is 5.32 Å². The van der Waals surface area contributed by atoms with Crippen LogP contribution in [0.15, 0.2) is 39.5 Å². The van der Waals surface area contributed by atoms with Crippen LogP contribution in [0.2, 0.25) is 0 Å². The molecule has 0 fully saturated rings. The van der Waals surface area contributed by atoms with Crippen LogP contribution in [0.1, 0.15) is 21.7 Å². The van der Waals surface area contributed by atoms with Crippen LogP contribution in [0, 0.1) is 19.7 Å². The molecule has 1 aromatic heterocycles. The fraction of sp³-hybridized carbons (Fsp3) is 0.188. The average Bonchev–Trinajstić information content (AvgIpc) is 2.46. The van der Waals surface area contributed by atoms with Gasteiger partial charge in [0.1, 0.15) is 17.1 Å². The third-order valence-corrected chi connectivity index (χ3v) is 3.00. The zero-order valence-electron chi connectivity index (χ0n) is 12.5. The molecule has 6 nitrogen and oxygen atoms in total. The quantitative estimate of drug-likeness (QED) is 0.873. The second-order valence-corrected chi connectivity index (χ2v) is 4.81. The summed E-state index contributed by atoms with van der Waals surface area (Å²) in [5.41, 5.74) is 0.331. The van der Waals surface area contributed by atoms with Crippen molar-refractivity contribution in [1.82, 2.24) is 0 Å². The van der Waals surface area contributed by atoms with Gasteiger partial charge in [-0.25, -0.2) is 14.0 Å². The van der Waals surface area contributed by atoms with Gasteiger partial charge in [-0.1, -0.05) is 0 Å². The van der Waals surface area contributed by atoms with E-state index in [9.17, 15) is 18.8 Å². The van der Waals surface area contributed by atoms with Gasteiger partial charge in [-0.05, 0) is 43.7 Å². The van der Waals surface area contributed by atoms with Crippen LogP contribution in [0.3, 0.4) is 0 Å². The second-order valence-electron chi connectivity index (χ2n) is 4.81. The lowest BCUT2D eigenvalue weighted by atomic mass is 10.1. The number of ether oxygens (including phenoxy) is 1. The molecule has 1 aromatic carbocycles. The Morgan fingerprint density at radius 3 is 2.48 bits per heavy atom. The number of amides is 1. The molecule has 7 heteroatoms. The summed E-state index contributed by atoms with van der Waals surface area (Å²) in [6.07, 6.45) is 0. The second kappa shape index (κ2) is 6.87. The molecule has 0 radical (unpaired) electrons. The van der Waals surface area contributed by atoms with Crippen molar-refractivity contribution in [3.63, 3.8) is 0 Å². The van der Waals surface area contributed by atoms with Crippen LogP contribution in [0.4, 0.5) is 10.1 Å². The van der Waals surface area contributed by atoms with Crippen LogP contribution >= 0.6 is 0 Å². The molecule has 0 unspecified atom stereocenters. The fourth-order valence-electron chi connectivity index (χ4n) is 2.00. The summed E-state index contributed by atoms with van der Waals surface area (Å²) in [5, 5.41) is 2.46. The Labute approximate surface area is 130 Å². The molecular formula is C16H14FNO5. The van der Waals surface area contributed by atoms with Gasteiger partial charge in [-0.15, -0.1) is 0 Å². The lowest BCUT2D eigenvalue weighted by Crippen LogP contribution is -2.22. The first-order chi connectivity index (χ1) is 10.9. The lowest BCUT2D eigenvalue weighted by molar-refractivity contribution is -0.119. The summed E-state index contributed by atoms with van der Waals surface area (Å²) < 4.78 is 22.5. The summed E-state index contributed by atoms with van der Waals surface area (Å²) in [5.74, 6) is -1.64. The number of rotatable bonds is 4. The molecule has 2 aromatic rings. The van der Waals surface area contributed by atoms with Crippen LogP contribution in [0.25, 0.3) is 0 Å². The SMILES string of the molecule is Cc1cc(=O)oc(C)c1C(=O)OCC(=O)Nc1ccc(F)cc1. The van der Waals surface area contributed by atoms with Crippen molar-refractivity contribution in [2.45, 2.75) is 13.8 Å². The smallest absolute Gasteiger partial charge is 0.342 e. The Balaban J connectivity index is 1.98. The Morgan fingerprint density at radius 2 is 1.87 bits per heavy atom. The van der Waals surface area contributed by atoms with Crippen LogP contribution < -0.4 is 10.9 Å². The largest absolute Gasteiger partial charge is 0.452 e. The van der Waals surface area contributed by atoms with Gasteiger partial charge in [-0.3, -0.25) is 4.79 Å². The summed E-state index contributed by atoms with van der Waals surface area (Å²) in [6.45, 7) is 2.51. The van der Waals surface area contributed by atoms with Crippen molar-refractivity contribution in [2.75, 3.05) is 11.9 Å². The van der Waals surface area contributed by atoms with Crippen LogP contribution in [-0.2, 0) is 9.53 Å². The summed E-state index contributed by atoms with van der Waals surface area (Å²) in [4.78, 5) is 34.9. The summed E-state index contributed by atoms with van der Waals surface area (Å²) in [6, 6.07) is 6.33. The molecule has 0 saturated carbocycles. The number of hydrogen-bond acceptors (Lipinski definition) is 5. The van der Waals surface area contributed by atoms with E-state index in [0.717, 1.165) is 0 Å². The maximum atomic E-state index is 12.8. The van der Waals surface area contributed by atoms with Crippen LogP contribution in [-0.4, -0.2) is 18.5 Å². The average molecular weight is 319 g/mol. The van der Waals surface area contributed by atoms with E-state index < -0.39 is 29.9 Å². The molecule has 0 aliphatic rings. The zero-order chi connectivity index (χ0) is 17.0. The van der Waals surface area contributed by atoms with Crippen LogP contribution in [0.5, 0.6) is 0 Å². The monoisotopic (exact) mass is 319 g/mol. The van der Waals surface area contributed by atoms with E-state index in [4.69, 9.17) is 9.15 Å². The van der Waals surface area contributed by atoms with E-state index in [1.807, 2.05) is 0 Å². The molecule has 0 atom stereocenters. The molecule has 120 valence electrons. The molecule has 0 bridgehead atoms. The van der Waals surface area contributed by atoms with Gasteiger partial charge in [0.05, 0.1) is 0 Å². The first kappa shape index (κ1) is 16.4. The van der Waals surface area contributed by atoms with Crippen molar-refractivity contribution in [1.29, 1.82) is 0 Å². The predicted octanol–water partition coefficient (Wildman–Crippen LogP) is 2.19. The third kappa shape index (κ3) is 4.26. The van der Waals surface area contributed by atoms with E-state index in [1.54, 1.807) is 6.92 Å². The number of carbonyl (C=O) groups is 2. The molecule has 0 spiro atoms. The highest BCUT2D eigenvalue weighted by atomic mass is 19.1. The minimum absolute atomic E-state index is 0.110.